The molecule has 0 unspecified atom stereocenters. The number of nitrogens with one attached hydrogen (secondary N) is 1. The van der Waals surface area contributed by atoms with E-state index in [1.54, 1.807) is 36.6 Å². The van der Waals surface area contributed by atoms with Crippen LogP contribution in [-0.4, -0.2) is 7.11 Å². The number of hydrogen-bond donors (Lipinski definition) is 1. The van der Waals surface area contributed by atoms with Crippen molar-refractivity contribution >= 4 is 34.5 Å². The Morgan fingerprint density at radius 2 is 1.89 bits per heavy atom. The molecular formula is C20H18Cl2FNO2S. The zero-order valence-electron chi connectivity index (χ0n) is 14.6. The van der Waals surface area contributed by atoms with E-state index in [0.29, 0.717) is 33.7 Å². The van der Waals surface area contributed by atoms with Gasteiger partial charge in [-0.15, -0.1) is 11.3 Å². The second-order valence-corrected chi connectivity index (χ2v) is 7.61. The molecule has 0 radical (unpaired) electrons. The van der Waals surface area contributed by atoms with Crippen LogP contribution in [0.15, 0.2) is 47.8 Å². The fourth-order valence-corrected chi connectivity index (χ4v) is 3.65. The van der Waals surface area contributed by atoms with Gasteiger partial charge in [-0.05, 0) is 35.2 Å². The molecule has 0 saturated carbocycles. The first kappa shape index (κ1) is 20.0. The number of thiophene rings is 1. The van der Waals surface area contributed by atoms with Crippen molar-refractivity contribution in [1.29, 1.82) is 0 Å². The van der Waals surface area contributed by atoms with Crippen LogP contribution >= 0.6 is 34.5 Å². The smallest absolute Gasteiger partial charge is 0.163 e. The minimum atomic E-state index is -0.415. The standard InChI is InChI=1S/C20H18Cl2FNO2S/c1-25-19-8-13(10-24-11-14-4-3-7-27-14)17(22)9-20(19)26-12-15-16(21)5-2-6-18(15)23/h2-9,24H,10-12H2,1H3. The van der Waals surface area contributed by atoms with Crippen LogP contribution in [0.5, 0.6) is 11.5 Å². The lowest BCUT2D eigenvalue weighted by Gasteiger charge is -2.15. The molecule has 3 aromatic rings. The van der Waals surface area contributed by atoms with E-state index in [4.69, 9.17) is 32.7 Å². The number of halogens is 3. The summed E-state index contributed by atoms with van der Waals surface area (Å²) in [5.74, 6) is 0.547. The number of benzene rings is 2. The van der Waals surface area contributed by atoms with E-state index in [1.165, 1.54) is 10.9 Å². The minimum absolute atomic E-state index is 0.0197. The third-order valence-electron chi connectivity index (χ3n) is 3.96. The van der Waals surface area contributed by atoms with E-state index < -0.39 is 5.82 Å². The molecule has 142 valence electrons. The number of ether oxygens (including phenoxy) is 2. The molecule has 0 fully saturated rings. The van der Waals surface area contributed by atoms with Gasteiger partial charge in [-0.25, -0.2) is 4.39 Å². The molecule has 1 heterocycles. The van der Waals surface area contributed by atoms with Crippen molar-refractivity contribution in [1.82, 2.24) is 5.32 Å². The summed E-state index contributed by atoms with van der Waals surface area (Å²) in [5, 5.41) is 6.25. The van der Waals surface area contributed by atoms with Gasteiger partial charge in [0, 0.05) is 34.6 Å². The minimum Gasteiger partial charge on any atom is -0.493 e. The molecule has 3 rings (SSSR count). The Labute approximate surface area is 171 Å². The van der Waals surface area contributed by atoms with Crippen LogP contribution in [0.4, 0.5) is 4.39 Å². The highest BCUT2D eigenvalue weighted by molar-refractivity contribution is 7.09. The summed E-state index contributed by atoms with van der Waals surface area (Å²) < 4.78 is 25.0. The van der Waals surface area contributed by atoms with Crippen molar-refractivity contribution in [2.75, 3.05) is 7.11 Å². The third-order valence-corrected chi connectivity index (χ3v) is 5.54. The predicted octanol–water partition coefficient (Wildman–Crippen LogP) is 6.07. The molecular weight excluding hydrogens is 408 g/mol. The fraction of sp³-hybridized carbons (Fsp3) is 0.200. The maximum absolute atomic E-state index is 13.9. The number of hydrogen-bond acceptors (Lipinski definition) is 4. The summed E-state index contributed by atoms with van der Waals surface area (Å²) in [6, 6.07) is 12.1. The van der Waals surface area contributed by atoms with E-state index in [-0.39, 0.29) is 6.61 Å². The lowest BCUT2D eigenvalue weighted by atomic mass is 10.2. The first-order valence-corrected chi connectivity index (χ1v) is 9.87. The normalized spacial score (nSPS) is 10.8. The van der Waals surface area contributed by atoms with Crippen molar-refractivity contribution in [3.63, 3.8) is 0 Å². The second-order valence-electron chi connectivity index (χ2n) is 5.77. The Hall–Kier alpha value is -1.79. The molecule has 0 amide bonds. The number of methoxy groups -OCH3 is 1. The number of rotatable bonds is 8. The van der Waals surface area contributed by atoms with Gasteiger partial charge in [0.15, 0.2) is 11.5 Å². The van der Waals surface area contributed by atoms with Crippen LogP contribution in [-0.2, 0) is 19.7 Å². The zero-order valence-corrected chi connectivity index (χ0v) is 16.9. The summed E-state index contributed by atoms with van der Waals surface area (Å²) >= 11 is 14.1. The first-order chi connectivity index (χ1) is 13.1. The van der Waals surface area contributed by atoms with Crippen LogP contribution < -0.4 is 14.8 Å². The maximum atomic E-state index is 13.9. The van der Waals surface area contributed by atoms with Gasteiger partial charge in [0.1, 0.15) is 12.4 Å². The Morgan fingerprint density at radius 3 is 2.59 bits per heavy atom. The Morgan fingerprint density at radius 1 is 1.04 bits per heavy atom. The second kappa shape index (κ2) is 9.42. The predicted molar refractivity (Wildman–Crippen MR) is 109 cm³/mol. The fourth-order valence-electron chi connectivity index (χ4n) is 2.54. The van der Waals surface area contributed by atoms with E-state index in [0.717, 1.165) is 12.1 Å². The lowest BCUT2D eigenvalue weighted by molar-refractivity contribution is 0.279. The summed E-state index contributed by atoms with van der Waals surface area (Å²) in [4.78, 5) is 1.25. The van der Waals surface area contributed by atoms with Crippen LogP contribution in [0, 0.1) is 5.82 Å². The molecule has 1 aromatic heterocycles. The third kappa shape index (κ3) is 5.14. The molecule has 0 spiro atoms. The highest BCUT2D eigenvalue weighted by atomic mass is 35.5. The van der Waals surface area contributed by atoms with Crippen LogP contribution in [0.3, 0.4) is 0 Å². The summed E-state index contributed by atoms with van der Waals surface area (Å²) in [7, 11) is 1.55. The quantitative estimate of drug-likeness (QED) is 0.474. The molecule has 2 aromatic carbocycles. The SMILES string of the molecule is COc1cc(CNCc2cccs2)c(Cl)cc1OCc1c(F)cccc1Cl. The van der Waals surface area contributed by atoms with Crippen LogP contribution in [0.1, 0.15) is 16.0 Å². The van der Waals surface area contributed by atoms with Gasteiger partial charge in [0.25, 0.3) is 0 Å². The monoisotopic (exact) mass is 425 g/mol. The average molecular weight is 426 g/mol. The molecule has 0 aliphatic heterocycles. The van der Waals surface area contributed by atoms with Crippen molar-refractivity contribution < 1.29 is 13.9 Å². The van der Waals surface area contributed by atoms with Crippen molar-refractivity contribution in [2.45, 2.75) is 19.7 Å². The van der Waals surface area contributed by atoms with Gasteiger partial charge in [0.2, 0.25) is 0 Å². The maximum Gasteiger partial charge on any atom is 0.163 e. The van der Waals surface area contributed by atoms with Gasteiger partial charge in [0.05, 0.1) is 12.1 Å². The molecule has 7 heteroatoms. The van der Waals surface area contributed by atoms with E-state index >= 15 is 0 Å². The first-order valence-electron chi connectivity index (χ1n) is 8.23. The van der Waals surface area contributed by atoms with Crippen molar-refractivity contribution in [3.8, 4) is 11.5 Å². The van der Waals surface area contributed by atoms with Gasteiger partial charge in [-0.1, -0.05) is 35.3 Å². The molecule has 3 nitrogen and oxygen atoms in total. The van der Waals surface area contributed by atoms with Crippen LogP contribution in [0.2, 0.25) is 10.0 Å². The average Bonchev–Trinajstić information content (AvgIpc) is 3.16. The largest absolute Gasteiger partial charge is 0.493 e. The highest BCUT2D eigenvalue weighted by Gasteiger charge is 2.13. The molecule has 27 heavy (non-hydrogen) atoms. The van der Waals surface area contributed by atoms with E-state index in [2.05, 4.69) is 11.4 Å². The highest BCUT2D eigenvalue weighted by Crippen LogP contribution is 2.34. The Kier molecular flexibility index (Phi) is 6.96. The summed E-state index contributed by atoms with van der Waals surface area (Å²) in [6.07, 6.45) is 0. The summed E-state index contributed by atoms with van der Waals surface area (Å²) in [6.45, 7) is 1.33. The molecule has 0 aliphatic rings. The molecule has 0 bridgehead atoms. The van der Waals surface area contributed by atoms with Gasteiger partial charge < -0.3 is 14.8 Å². The van der Waals surface area contributed by atoms with Gasteiger partial charge >= 0.3 is 0 Å². The van der Waals surface area contributed by atoms with Crippen LogP contribution in [0.25, 0.3) is 0 Å². The van der Waals surface area contributed by atoms with E-state index in [1.807, 2.05) is 17.5 Å². The summed E-state index contributed by atoms with van der Waals surface area (Å²) in [5.41, 5.74) is 1.18. The Balaban J connectivity index is 1.69. The molecule has 0 aliphatic carbocycles. The topological polar surface area (TPSA) is 30.5 Å². The zero-order chi connectivity index (χ0) is 19.2. The van der Waals surface area contributed by atoms with Gasteiger partial charge in [-0.3, -0.25) is 0 Å². The lowest BCUT2D eigenvalue weighted by Crippen LogP contribution is -2.12. The molecule has 0 atom stereocenters. The van der Waals surface area contributed by atoms with Crippen molar-refractivity contribution in [3.05, 3.63) is 79.7 Å². The molecule has 1 N–H and O–H groups in total. The molecule has 0 saturated heterocycles. The van der Waals surface area contributed by atoms with Crippen molar-refractivity contribution in [2.24, 2.45) is 0 Å². The van der Waals surface area contributed by atoms with E-state index in [9.17, 15) is 4.39 Å². The van der Waals surface area contributed by atoms with Gasteiger partial charge in [-0.2, -0.15) is 0 Å². The Bertz CT molecular complexity index is 883.